The van der Waals surface area contributed by atoms with Gasteiger partial charge in [-0.1, -0.05) is 20.8 Å². The first-order valence-electron chi connectivity index (χ1n) is 11.5. The third-order valence-electron chi connectivity index (χ3n) is 5.78. The maximum atomic E-state index is 13.1. The summed E-state index contributed by atoms with van der Waals surface area (Å²) in [5.41, 5.74) is -0.306. The highest BCUT2D eigenvalue weighted by Crippen LogP contribution is 2.56. The molecule has 2 rings (SSSR count). The highest BCUT2D eigenvalue weighted by atomic mass is 31.2. The average Bonchev–Trinajstić information content (AvgIpc) is 3.09. The molecule has 0 aromatic heterocycles. The Hall–Kier alpha value is 0.220. The van der Waals surface area contributed by atoms with Crippen molar-refractivity contribution in [3.8, 4) is 0 Å². The summed E-state index contributed by atoms with van der Waals surface area (Å²) in [5.74, 6) is 0. The average molecular weight is 499 g/mol. The van der Waals surface area contributed by atoms with Crippen molar-refractivity contribution in [2.45, 2.75) is 116 Å². The first kappa shape index (κ1) is 28.5. The van der Waals surface area contributed by atoms with Crippen LogP contribution >= 0.6 is 15.0 Å². The summed E-state index contributed by atoms with van der Waals surface area (Å²) in [4.78, 5) is 0. The molecule has 0 bridgehead atoms. The van der Waals surface area contributed by atoms with Gasteiger partial charge in [0, 0.05) is 31.3 Å². The molecule has 0 aromatic rings. The highest BCUT2D eigenvalue weighted by Gasteiger charge is 2.42. The summed E-state index contributed by atoms with van der Waals surface area (Å²) in [6.07, 6.45) is -0.0737. The Kier molecular flexibility index (Phi) is 9.30. The van der Waals surface area contributed by atoms with E-state index >= 15 is 0 Å². The van der Waals surface area contributed by atoms with E-state index in [1.54, 1.807) is 6.66 Å². The molecule has 2 fully saturated rings. The molecule has 190 valence electrons. The van der Waals surface area contributed by atoms with Crippen LogP contribution < -0.4 is 0 Å². The molecule has 8 atom stereocenters. The van der Waals surface area contributed by atoms with Crippen LogP contribution in [0.15, 0.2) is 0 Å². The number of hydrogen-bond acceptors (Lipinski definition) is 8. The van der Waals surface area contributed by atoms with Gasteiger partial charge in [-0.2, -0.15) is 0 Å². The Morgan fingerprint density at radius 2 is 1.28 bits per heavy atom. The molecule has 0 aromatic carbocycles. The number of ether oxygens (including phenoxy) is 3. The summed E-state index contributed by atoms with van der Waals surface area (Å²) >= 11 is 0. The van der Waals surface area contributed by atoms with Crippen LogP contribution in [-0.2, 0) is 36.9 Å². The predicted molar refractivity (Wildman–Crippen MR) is 126 cm³/mol. The minimum atomic E-state index is -3.39. The van der Waals surface area contributed by atoms with Crippen molar-refractivity contribution in [3.05, 3.63) is 0 Å². The van der Waals surface area contributed by atoms with Crippen LogP contribution in [0.25, 0.3) is 0 Å². The van der Waals surface area contributed by atoms with E-state index in [-0.39, 0.29) is 43.2 Å². The van der Waals surface area contributed by atoms with Gasteiger partial charge in [-0.15, -0.1) is 0 Å². The SMILES string of the molecule is CC1CC(OC(C)(C)C)C(COP(C)(=O)OC2CC(C)OC2COP(C)(=O)C(C)(C)C)O1. The van der Waals surface area contributed by atoms with Gasteiger partial charge < -0.3 is 27.8 Å². The fraction of sp³-hybridized carbons (Fsp3) is 1.00. The summed E-state index contributed by atoms with van der Waals surface area (Å²) < 4.78 is 61.3. The van der Waals surface area contributed by atoms with E-state index in [4.69, 9.17) is 27.8 Å². The van der Waals surface area contributed by atoms with Gasteiger partial charge in [-0.3, -0.25) is 9.13 Å². The van der Waals surface area contributed by atoms with Crippen LogP contribution in [0.2, 0.25) is 0 Å². The van der Waals surface area contributed by atoms with Crippen LogP contribution in [0.3, 0.4) is 0 Å². The standard InChI is InChI=1S/C22H44O8P2/c1-15-11-17(29-21(3,4)5)19(27-15)14-26-32(10,24)30-18-12-16(2)28-20(18)13-25-31(9,23)22(6,7)8/h15-20H,11-14H2,1-10H3. The molecule has 0 radical (unpaired) electrons. The van der Waals surface area contributed by atoms with Gasteiger partial charge in [0.05, 0.1) is 43.2 Å². The maximum absolute atomic E-state index is 13.1. The Bertz CT molecular complexity index is 714. The summed E-state index contributed by atoms with van der Waals surface area (Å²) in [5, 5.41) is -0.471. The first-order chi connectivity index (χ1) is 14.4. The smallest absolute Gasteiger partial charge is 0.328 e. The first-order valence-corrected chi connectivity index (χ1v) is 15.6. The lowest BCUT2D eigenvalue weighted by Crippen LogP contribution is -2.35. The molecule has 8 unspecified atom stereocenters. The lowest BCUT2D eigenvalue weighted by molar-refractivity contribution is -0.0996. The zero-order valence-electron chi connectivity index (χ0n) is 21.5. The summed E-state index contributed by atoms with van der Waals surface area (Å²) in [6, 6.07) is 0. The second kappa shape index (κ2) is 10.5. The Balaban J connectivity index is 1.94. The molecule has 32 heavy (non-hydrogen) atoms. The topological polar surface area (TPSA) is 89.5 Å². The Labute approximate surface area is 194 Å². The molecule has 0 amide bonds. The molecule has 0 aliphatic carbocycles. The van der Waals surface area contributed by atoms with E-state index < -0.39 is 32.3 Å². The van der Waals surface area contributed by atoms with Gasteiger partial charge in [0.2, 0.25) is 7.37 Å². The molecule has 2 saturated heterocycles. The molecule has 0 N–H and O–H groups in total. The van der Waals surface area contributed by atoms with Crippen LogP contribution in [0, 0.1) is 0 Å². The minimum Gasteiger partial charge on any atom is -0.370 e. The summed E-state index contributed by atoms with van der Waals surface area (Å²) in [6.45, 7) is 18.9. The van der Waals surface area contributed by atoms with Gasteiger partial charge in [0.15, 0.2) is 0 Å². The van der Waals surface area contributed by atoms with Crippen molar-refractivity contribution in [1.29, 1.82) is 0 Å². The fourth-order valence-electron chi connectivity index (χ4n) is 3.72. The van der Waals surface area contributed by atoms with Crippen LogP contribution in [0.4, 0.5) is 0 Å². The van der Waals surface area contributed by atoms with Crippen molar-refractivity contribution >= 4 is 15.0 Å². The highest BCUT2D eigenvalue weighted by molar-refractivity contribution is 7.59. The van der Waals surface area contributed by atoms with Crippen molar-refractivity contribution < 1.29 is 36.9 Å². The molecule has 8 nitrogen and oxygen atoms in total. The van der Waals surface area contributed by atoms with Crippen molar-refractivity contribution in [3.63, 3.8) is 0 Å². The normalized spacial score (nSPS) is 35.6. The zero-order chi connectivity index (χ0) is 24.5. The molecule has 10 heteroatoms. The fourth-order valence-corrected chi connectivity index (χ4v) is 5.73. The second-order valence-electron chi connectivity index (χ2n) is 11.2. The van der Waals surface area contributed by atoms with Crippen LogP contribution in [0.1, 0.15) is 68.2 Å². The largest absolute Gasteiger partial charge is 0.370 e. The van der Waals surface area contributed by atoms with E-state index in [2.05, 4.69) is 0 Å². The van der Waals surface area contributed by atoms with E-state index in [1.165, 1.54) is 6.66 Å². The van der Waals surface area contributed by atoms with Gasteiger partial charge in [-0.05, 0) is 34.6 Å². The number of rotatable bonds is 9. The lowest BCUT2D eigenvalue weighted by Gasteiger charge is -2.30. The zero-order valence-corrected chi connectivity index (χ0v) is 23.2. The van der Waals surface area contributed by atoms with Gasteiger partial charge >= 0.3 is 7.60 Å². The molecule has 2 aliphatic heterocycles. The number of hydrogen-bond donors (Lipinski definition) is 0. The third kappa shape index (κ3) is 8.46. The van der Waals surface area contributed by atoms with Gasteiger partial charge in [0.25, 0.3) is 0 Å². The molecule has 0 saturated carbocycles. The van der Waals surface area contributed by atoms with Crippen LogP contribution in [0.5, 0.6) is 0 Å². The maximum Gasteiger partial charge on any atom is 0.328 e. The quantitative estimate of drug-likeness (QED) is 0.387. The van der Waals surface area contributed by atoms with E-state index in [1.807, 2.05) is 55.4 Å². The van der Waals surface area contributed by atoms with E-state index in [9.17, 15) is 9.13 Å². The third-order valence-corrected chi connectivity index (χ3v) is 10.1. The van der Waals surface area contributed by atoms with Crippen LogP contribution in [-0.4, -0.2) is 73.9 Å². The second-order valence-corrected chi connectivity index (χ2v) is 16.5. The van der Waals surface area contributed by atoms with Gasteiger partial charge in [-0.25, -0.2) is 0 Å². The summed E-state index contributed by atoms with van der Waals surface area (Å²) in [7, 11) is -6.24. The molecule has 0 spiro atoms. The Morgan fingerprint density at radius 3 is 1.78 bits per heavy atom. The molecule has 2 aliphatic rings. The molecular weight excluding hydrogens is 454 g/mol. The Morgan fingerprint density at radius 1 is 0.812 bits per heavy atom. The van der Waals surface area contributed by atoms with E-state index in [0.29, 0.717) is 6.42 Å². The lowest BCUT2D eigenvalue weighted by atomic mass is 10.1. The van der Waals surface area contributed by atoms with Crippen molar-refractivity contribution in [2.24, 2.45) is 0 Å². The van der Waals surface area contributed by atoms with E-state index in [0.717, 1.165) is 6.42 Å². The monoisotopic (exact) mass is 498 g/mol. The predicted octanol–water partition coefficient (Wildman–Crippen LogP) is 5.47. The molecular formula is C22H44O8P2. The molecule has 2 heterocycles. The van der Waals surface area contributed by atoms with Crippen molar-refractivity contribution in [1.82, 2.24) is 0 Å². The van der Waals surface area contributed by atoms with Gasteiger partial charge in [0.1, 0.15) is 12.2 Å². The minimum absolute atomic E-state index is 0.0475. The van der Waals surface area contributed by atoms with Crippen molar-refractivity contribution in [2.75, 3.05) is 26.5 Å².